The fraction of sp³-hybridized carbons (Fsp3) is 0.0909. The number of amides is 1. The first-order valence-corrected chi connectivity index (χ1v) is 8.31. The molecule has 1 aromatic rings. The lowest BCUT2D eigenvalue weighted by Crippen LogP contribution is -2.17. The fourth-order valence-corrected chi connectivity index (χ4v) is 4.89. The highest BCUT2D eigenvalue weighted by molar-refractivity contribution is 14.1. The van der Waals surface area contributed by atoms with E-state index in [1.165, 1.54) is 11.8 Å². The molecule has 0 atom stereocenters. The summed E-state index contributed by atoms with van der Waals surface area (Å²) < 4.78 is 2.77. The summed E-state index contributed by atoms with van der Waals surface area (Å²) in [7, 11) is 1.90. The molecule has 7 heteroatoms. The number of anilines is 1. The van der Waals surface area contributed by atoms with Crippen LogP contribution in [0.3, 0.4) is 0 Å². The molecule has 3 nitrogen and oxygen atoms in total. The minimum atomic E-state index is -0.118. The normalized spacial score (nSPS) is 17.2. The lowest BCUT2D eigenvalue weighted by atomic mass is 10.2. The van der Waals surface area contributed by atoms with Crippen molar-refractivity contribution in [2.24, 2.45) is 0 Å². The summed E-state index contributed by atoms with van der Waals surface area (Å²) in [6.07, 6.45) is 1.86. The van der Waals surface area contributed by atoms with Gasteiger partial charge in [0.05, 0.1) is 10.6 Å². The van der Waals surface area contributed by atoms with E-state index < -0.39 is 0 Å². The zero-order chi connectivity index (χ0) is 13.3. The molecular formula is C11H8I2N2OS2. The molecule has 1 saturated heterocycles. The van der Waals surface area contributed by atoms with Gasteiger partial charge in [-0.05, 0) is 69.0 Å². The fourth-order valence-electron chi connectivity index (χ4n) is 1.49. The van der Waals surface area contributed by atoms with E-state index in [1.54, 1.807) is 0 Å². The largest absolute Gasteiger partial charge is 0.386 e. The highest BCUT2D eigenvalue weighted by Crippen LogP contribution is 2.30. The van der Waals surface area contributed by atoms with E-state index in [0.29, 0.717) is 9.23 Å². The Bertz CT molecular complexity index is 549. The van der Waals surface area contributed by atoms with Crippen molar-refractivity contribution in [2.75, 3.05) is 12.4 Å². The summed E-state index contributed by atoms with van der Waals surface area (Å²) in [5, 5.41) is 5.77. The molecular weight excluding hydrogens is 494 g/mol. The van der Waals surface area contributed by atoms with Crippen LogP contribution < -0.4 is 10.6 Å². The van der Waals surface area contributed by atoms with E-state index in [-0.39, 0.29) is 5.91 Å². The van der Waals surface area contributed by atoms with Crippen LogP contribution in [0.4, 0.5) is 5.69 Å². The van der Waals surface area contributed by atoms with E-state index in [0.717, 1.165) is 18.4 Å². The molecule has 94 valence electrons. The number of thioether (sulfide) groups is 1. The molecule has 0 radical (unpaired) electrons. The van der Waals surface area contributed by atoms with Gasteiger partial charge in [-0.25, -0.2) is 0 Å². The molecule has 1 aliphatic rings. The molecule has 1 fully saturated rings. The minimum absolute atomic E-state index is 0.118. The first-order valence-electron chi connectivity index (χ1n) is 4.93. The topological polar surface area (TPSA) is 41.1 Å². The maximum Gasteiger partial charge on any atom is 0.263 e. The first kappa shape index (κ1) is 14.5. The van der Waals surface area contributed by atoms with Gasteiger partial charge in [-0.1, -0.05) is 24.0 Å². The molecule has 1 aliphatic heterocycles. The van der Waals surface area contributed by atoms with Gasteiger partial charge >= 0.3 is 0 Å². The SMILES string of the molecule is CNc1c(I)cc(/C=C2/SC(=S)NC2=O)cc1I. The summed E-state index contributed by atoms with van der Waals surface area (Å²) in [4.78, 5) is 12.2. The van der Waals surface area contributed by atoms with Crippen LogP contribution in [-0.4, -0.2) is 17.3 Å². The Morgan fingerprint density at radius 3 is 2.44 bits per heavy atom. The Kier molecular flexibility index (Phi) is 4.89. The van der Waals surface area contributed by atoms with Gasteiger partial charge in [0, 0.05) is 14.2 Å². The average Bonchev–Trinajstić information content (AvgIpc) is 2.57. The van der Waals surface area contributed by atoms with Gasteiger partial charge in [0.2, 0.25) is 0 Å². The number of carbonyl (C=O) groups is 1. The third-order valence-corrected chi connectivity index (χ3v) is 5.12. The Hall–Kier alpha value is 0.130. The van der Waals surface area contributed by atoms with Gasteiger partial charge in [0.25, 0.3) is 5.91 Å². The highest BCUT2D eigenvalue weighted by Gasteiger charge is 2.22. The molecule has 0 spiro atoms. The molecule has 0 bridgehead atoms. The average molecular weight is 502 g/mol. The van der Waals surface area contributed by atoms with Crippen molar-refractivity contribution in [1.29, 1.82) is 0 Å². The van der Waals surface area contributed by atoms with Gasteiger partial charge in [0.1, 0.15) is 4.32 Å². The summed E-state index contributed by atoms with van der Waals surface area (Å²) in [6, 6.07) is 4.08. The standard InChI is InChI=1S/C11H8I2N2OS2/c1-14-9-6(12)2-5(3-7(9)13)4-8-10(16)15-11(17)18-8/h2-4,14H,1H3,(H,15,16,17)/b8-4+. The molecule has 18 heavy (non-hydrogen) atoms. The second-order valence-electron chi connectivity index (χ2n) is 3.46. The van der Waals surface area contributed by atoms with Crippen molar-refractivity contribution in [3.05, 3.63) is 29.7 Å². The van der Waals surface area contributed by atoms with Gasteiger partial charge < -0.3 is 10.6 Å². The Balaban J connectivity index is 2.39. The van der Waals surface area contributed by atoms with E-state index >= 15 is 0 Å². The predicted octanol–water partition coefficient (Wildman–Crippen LogP) is 3.43. The van der Waals surface area contributed by atoms with Crippen LogP contribution in [0.1, 0.15) is 5.56 Å². The number of nitrogens with one attached hydrogen (secondary N) is 2. The number of rotatable bonds is 2. The Morgan fingerprint density at radius 2 is 2.00 bits per heavy atom. The molecule has 0 saturated carbocycles. The van der Waals surface area contributed by atoms with Crippen LogP contribution in [0, 0.1) is 7.14 Å². The lowest BCUT2D eigenvalue weighted by Gasteiger charge is -2.08. The van der Waals surface area contributed by atoms with E-state index in [9.17, 15) is 4.79 Å². The second kappa shape index (κ2) is 6.06. The van der Waals surface area contributed by atoms with Crippen LogP contribution in [-0.2, 0) is 4.79 Å². The lowest BCUT2D eigenvalue weighted by molar-refractivity contribution is -0.115. The number of carbonyl (C=O) groups excluding carboxylic acids is 1. The molecule has 0 aromatic heterocycles. The predicted molar refractivity (Wildman–Crippen MR) is 97.7 cm³/mol. The number of hydrogen-bond donors (Lipinski definition) is 2. The third kappa shape index (κ3) is 3.17. The van der Waals surface area contributed by atoms with Crippen molar-refractivity contribution in [3.8, 4) is 0 Å². The van der Waals surface area contributed by atoms with Crippen LogP contribution >= 0.6 is 69.2 Å². The summed E-state index contributed by atoms with van der Waals surface area (Å²) in [5.74, 6) is -0.118. The zero-order valence-electron chi connectivity index (χ0n) is 9.21. The van der Waals surface area contributed by atoms with Gasteiger partial charge in [-0.3, -0.25) is 4.79 Å². The molecule has 2 rings (SSSR count). The number of halogens is 2. The molecule has 1 heterocycles. The number of thiocarbonyl (C=S) groups is 1. The van der Waals surface area contributed by atoms with Gasteiger partial charge in [-0.15, -0.1) is 0 Å². The van der Waals surface area contributed by atoms with Gasteiger partial charge in [0.15, 0.2) is 0 Å². The molecule has 0 unspecified atom stereocenters. The number of benzene rings is 1. The maximum absolute atomic E-state index is 11.6. The minimum Gasteiger partial charge on any atom is -0.386 e. The molecule has 1 amide bonds. The summed E-state index contributed by atoms with van der Waals surface area (Å²) in [6.45, 7) is 0. The molecule has 0 aliphatic carbocycles. The van der Waals surface area contributed by atoms with Gasteiger partial charge in [-0.2, -0.15) is 0 Å². The van der Waals surface area contributed by atoms with Crippen molar-refractivity contribution in [3.63, 3.8) is 0 Å². The van der Waals surface area contributed by atoms with E-state index in [4.69, 9.17) is 12.2 Å². The van der Waals surface area contributed by atoms with Crippen LogP contribution in [0.2, 0.25) is 0 Å². The Labute approximate surface area is 142 Å². The van der Waals surface area contributed by atoms with Crippen molar-refractivity contribution in [1.82, 2.24) is 5.32 Å². The molecule has 2 N–H and O–H groups in total. The van der Waals surface area contributed by atoms with Crippen molar-refractivity contribution >= 4 is 91.2 Å². The zero-order valence-corrected chi connectivity index (χ0v) is 15.2. The Morgan fingerprint density at radius 1 is 1.39 bits per heavy atom. The molecule has 1 aromatic carbocycles. The summed E-state index contributed by atoms with van der Waals surface area (Å²) >= 11 is 10.8. The number of hydrogen-bond acceptors (Lipinski definition) is 4. The van der Waals surface area contributed by atoms with E-state index in [2.05, 4.69) is 55.8 Å². The van der Waals surface area contributed by atoms with Crippen LogP contribution in [0.15, 0.2) is 17.0 Å². The van der Waals surface area contributed by atoms with Crippen LogP contribution in [0.5, 0.6) is 0 Å². The maximum atomic E-state index is 11.6. The quantitative estimate of drug-likeness (QED) is 0.370. The smallest absolute Gasteiger partial charge is 0.263 e. The van der Waals surface area contributed by atoms with Crippen molar-refractivity contribution in [2.45, 2.75) is 0 Å². The monoisotopic (exact) mass is 502 g/mol. The highest BCUT2D eigenvalue weighted by atomic mass is 127. The second-order valence-corrected chi connectivity index (χ2v) is 7.51. The van der Waals surface area contributed by atoms with Crippen LogP contribution in [0.25, 0.3) is 6.08 Å². The first-order chi connectivity index (χ1) is 8.51. The van der Waals surface area contributed by atoms with E-state index in [1.807, 2.05) is 25.3 Å². The third-order valence-electron chi connectivity index (χ3n) is 2.25. The summed E-state index contributed by atoms with van der Waals surface area (Å²) in [5.41, 5.74) is 2.11. The van der Waals surface area contributed by atoms with Crippen molar-refractivity contribution < 1.29 is 4.79 Å².